The molecule has 4 rings (SSSR count). The molecule has 25 heavy (non-hydrogen) atoms. The van der Waals surface area contributed by atoms with E-state index in [9.17, 15) is 5.11 Å². The monoisotopic (exact) mass is 343 g/mol. The third-order valence-electron chi connectivity index (χ3n) is 5.55. The van der Waals surface area contributed by atoms with Crippen LogP contribution in [0.5, 0.6) is 0 Å². The molecule has 3 heterocycles. The maximum Gasteiger partial charge on any atom is 0.168 e. The molecule has 2 fully saturated rings. The zero-order valence-electron chi connectivity index (χ0n) is 14.4. The Morgan fingerprint density at radius 1 is 1.08 bits per heavy atom. The van der Waals surface area contributed by atoms with Crippen LogP contribution in [0, 0.1) is 0 Å². The number of aliphatic hydroxyl groups is 1. The van der Waals surface area contributed by atoms with Gasteiger partial charge in [-0.05, 0) is 36.1 Å². The molecule has 1 aliphatic heterocycles. The van der Waals surface area contributed by atoms with Gasteiger partial charge in [0.1, 0.15) is 0 Å². The van der Waals surface area contributed by atoms with Crippen molar-refractivity contribution in [2.24, 2.45) is 0 Å². The number of tetrazole rings is 1. The second-order valence-electron chi connectivity index (χ2n) is 7.07. The Morgan fingerprint density at radius 2 is 1.96 bits per heavy atom. The van der Waals surface area contributed by atoms with Crippen molar-refractivity contribution in [3.8, 4) is 0 Å². The summed E-state index contributed by atoms with van der Waals surface area (Å²) >= 11 is 0. The average Bonchev–Trinajstić information content (AvgIpc) is 3.30. The highest BCUT2D eigenvalue weighted by Gasteiger charge is 2.38. The maximum absolute atomic E-state index is 9.81. The van der Waals surface area contributed by atoms with E-state index in [2.05, 4.69) is 30.4 Å². The van der Waals surface area contributed by atoms with Crippen molar-refractivity contribution < 1.29 is 5.11 Å². The highest BCUT2D eigenvalue weighted by molar-refractivity contribution is 5.05. The molecular formula is C17H25N7O. The van der Waals surface area contributed by atoms with Gasteiger partial charge in [-0.15, -0.1) is 5.10 Å². The van der Waals surface area contributed by atoms with Gasteiger partial charge in [0.05, 0.1) is 24.4 Å². The molecule has 0 unspecified atom stereocenters. The summed E-state index contributed by atoms with van der Waals surface area (Å²) in [4.78, 5) is 10.8. The molecule has 0 aromatic carbocycles. The summed E-state index contributed by atoms with van der Waals surface area (Å²) < 4.78 is 2.05. The fraction of sp³-hybridized carbons (Fsp3) is 0.706. The zero-order valence-corrected chi connectivity index (χ0v) is 14.4. The Labute approximate surface area is 147 Å². The summed E-state index contributed by atoms with van der Waals surface area (Å²) in [6.07, 6.45) is 13.2. The molecular weight excluding hydrogens is 318 g/mol. The molecule has 2 aromatic rings. The minimum atomic E-state index is 0.114. The molecule has 0 bridgehead atoms. The molecule has 8 heteroatoms. The maximum atomic E-state index is 9.81. The van der Waals surface area contributed by atoms with Crippen molar-refractivity contribution in [3.05, 3.63) is 30.1 Å². The summed E-state index contributed by atoms with van der Waals surface area (Å²) in [7, 11) is 0. The van der Waals surface area contributed by atoms with Crippen molar-refractivity contribution >= 4 is 0 Å². The van der Waals surface area contributed by atoms with Gasteiger partial charge >= 0.3 is 0 Å². The standard InChI is InChI=1S/C17H25N7O/c25-12-15-6-7-16(23(15)11-13-10-18-8-9-19-13)17-20-21-22-24(17)14-4-2-1-3-5-14/h8-10,14-16,25H,1-7,11-12H2/t15-,16-/m0/s1. The quantitative estimate of drug-likeness (QED) is 0.882. The van der Waals surface area contributed by atoms with E-state index < -0.39 is 0 Å². The third-order valence-corrected chi connectivity index (χ3v) is 5.55. The molecule has 1 saturated heterocycles. The average molecular weight is 343 g/mol. The fourth-order valence-electron chi connectivity index (χ4n) is 4.25. The van der Waals surface area contributed by atoms with Crippen LogP contribution in [0.2, 0.25) is 0 Å². The molecule has 0 spiro atoms. The lowest BCUT2D eigenvalue weighted by atomic mass is 9.95. The van der Waals surface area contributed by atoms with Gasteiger partial charge in [0.15, 0.2) is 5.82 Å². The first-order chi connectivity index (χ1) is 12.4. The number of likely N-dealkylation sites (tertiary alicyclic amines) is 1. The Bertz CT molecular complexity index is 671. The van der Waals surface area contributed by atoms with Crippen LogP contribution in [0.15, 0.2) is 18.6 Å². The summed E-state index contributed by atoms with van der Waals surface area (Å²) in [5.74, 6) is 0.937. The normalized spacial score (nSPS) is 25.5. The SMILES string of the molecule is OC[C@@H]1CC[C@@H](c2nnnn2C2CCCCC2)N1Cc1cnccn1. The van der Waals surface area contributed by atoms with Crippen LogP contribution in [0.1, 0.15) is 68.5 Å². The first-order valence-corrected chi connectivity index (χ1v) is 9.26. The van der Waals surface area contributed by atoms with Gasteiger partial charge in [0.2, 0.25) is 0 Å². The second-order valence-corrected chi connectivity index (χ2v) is 7.07. The number of nitrogens with zero attached hydrogens (tertiary/aromatic N) is 7. The Morgan fingerprint density at radius 3 is 2.72 bits per heavy atom. The van der Waals surface area contributed by atoms with Gasteiger partial charge in [-0.3, -0.25) is 14.9 Å². The van der Waals surface area contributed by atoms with E-state index in [0.29, 0.717) is 12.6 Å². The lowest BCUT2D eigenvalue weighted by molar-refractivity contribution is 0.114. The Kier molecular flexibility index (Phi) is 4.98. The Balaban J connectivity index is 1.59. The van der Waals surface area contributed by atoms with Gasteiger partial charge in [-0.1, -0.05) is 19.3 Å². The molecule has 8 nitrogen and oxygen atoms in total. The van der Waals surface area contributed by atoms with E-state index in [1.807, 2.05) is 4.68 Å². The molecule has 2 atom stereocenters. The first-order valence-electron chi connectivity index (χ1n) is 9.26. The van der Waals surface area contributed by atoms with Crippen LogP contribution in [0.4, 0.5) is 0 Å². The van der Waals surface area contributed by atoms with E-state index in [1.54, 1.807) is 18.6 Å². The van der Waals surface area contributed by atoms with Crippen LogP contribution in [0.3, 0.4) is 0 Å². The number of aliphatic hydroxyl groups excluding tert-OH is 1. The van der Waals surface area contributed by atoms with E-state index in [1.165, 1.54) is 19.3 Å². The van der Waals surface area contributed by atoms with Gasteiger partial charge in [0.25, 0.3) is 0 Å². The minimum Gasteiger partial charge on any atom is -0.395 e. The van der Waals surface area contributed by atoms with E-state index in [0.717, 1.165) is 37.2 Å². The van der Waals surface area contributed by atoms with Crippen LogP contribution in [-0.4, -0.2) is 52.8 Å². The smallest absolute Gasteiger partial charge is 0.168 e. The fourth-order valence-corrected chi connectivity index (χ4v) is 4.25. The number of hydrogen-bond donors (Lipinski definition) is 1. The van der Waals surface area contributed by atoms with E-state index in [-0.39, 0.29) is 18.7 Å². The summed E-state index contributed by atoms with van der Waals surface area (Å²) in [6.45, 7) is 0.795. The van der Waals surface area contributed by atoms with Crippen molar-refractivity contribution in [3.63, 3.8) is 0 Å². The first kappa shape index (κ1) is 16.5. The molecule has 1 N–H and O–H groups in total. The predicted molar refractivity (Wildman–Crippen MR) is 90.4 cm³/mol. The topological polar surface area (TPSA) is 92.9 Å². The highest BCUT2D eigenvalue weighted by atomic mass is 16.3. The lowest BCUT2D eigenvalue weighted by Gasteiger charge is -2.30. The zero-order chi connectivity index (χ0) is 17.1. The van der Waals surface area contributed by atoms with Crippen LogP contribution in [-0.2, 0) is 6.54 Å². The molecule has 2 aromatic heterocycles. The Hall–Kier alpha value is -1.93. The molecule has 0 radical (unpaired) electrons. The second kappa shape index (κ2) is 7.53. The van der Waals surface area contributed by atoms with Crippen LogP contribution < -0.4 is 0 Å². The van der Waals surface area contributed by atoms with Crippen molar-refractivity contribution in [1.29, 1.82) is 0 Å². The molecule has 1 saturated carbocycles. The molecule has 2 aliphatic rings. The van der Waals surface area contributed by atoms with Crippen LogP contribution in [0.25, 0.3) is 0 Å². The van der Waals surface area contributed by atoms with Crippen molar-refractivity contribution in [2.75, 3.05) is 6.61 Å². The third kappa shape index (κ3) is 3.41. The van der Waals surface area contributed by atoms with Gasteiger partial charge < -0.3 is 5.11 Å². The van der Waals surface area contributed by atoms with Gasteiger partial charge in [-0.25, -0.2) is 4.68 Å². The van der Waals surface area contributed by atoms with Gasteiger partial charge in [0, 0.05) is 31.2 Å². The molecule has 134 valence electrons. The molecule has 1 aliphatic carbocycles. The number of rotatable bonds is 5. The minimum absolute atomic E-state index is 0.114. The number of aromatic nitrogens is 6. The van der Waals surface area contributed by atoms with Crippen LogP contribution >= 0.6 is 0 Å². The van der Waals surface area contributed by atoms with Gasteiger partial charge in [-0.2, -0.15) is 0 Å². The predicted octanol–water partition coefficient (Wildman–Crippen LogP) is 1.67. The number of hydrogen-bond acceptors (Lipinski definition) is 7. The van der Waals surface area contributed by atoms with E-state index in [4.69, 9.17) is 0 Å². The molecule has 0 amide bonds. The highest BCUT2D eigenvalue weighted by Crippen LogP contribution is 2.38. The summed E-state index contributed by atoms with van der Waals surface area (Å²) in [6, 6.07) is 0.643. The summed E-state index contributed by atoms with van der Waals surface area (Å²) in [5.41, 5.74) is 0.907. The lowest BCUT2D eigenvalue weighted by Crippen LogP contribution is -2.35. The van der Waals surface area contributed by atoms with E-state index >= 15 is 0 Å². The van der Waals surface area contributed by atoms with Crippen molar-refractivity contribution in [1.82, 2.24) is 35.1 Å². The summed E-state index contributed by atoms with van der Waals surface area (Å²) in [5, 5.41) is 22.5. The van der Waals surface area contributed by atoms with Crippen molar-refractivity contribution in [2.45, 2.75) is 69.6 Å². The largest absolute Gasteiger partial charge is 0.395 e.